The van der Waals surface area contributed by atoms with Crippen molar-refractivity contribution in [1.29, 1.82) is 0 Å². The number of likely N-dealkylation sites (N-methyl/N-ethyl adjacent to an activating group) is 1. The number of sulfonamides is 1. The number of aliphatic hydroxyl groups excluding tert-OH is 1. The lowest BCUT2D eigenvalue weighted by Gasteiger charge is -2.42. The van der Waals surface area contributed by atoms with E-state index in [4.69, 9.17) is 25.8 Å². The molecule has 2 saturated heterocycles. The van der Waals surface area contributed by atoms with Crippen molar-refractivity contribution in [3.05, 3.63) is 76.3 Å². The molecule has 0 saturated carbocycles. The second-order valence-corrected chi connectivity index (χ2v) is 16.3. The minimum Gasteiger partial charge on any atom is -0.497 e. The number of aliphatic hydroxyl groups is 1. The van der Waals surface area contributed by atoms with Gasteiger partial charge in [-0.3, -0.25) is 24.2 Å². The number of β-amino-alcohol motifs (C(OH)–C–C–N with tert-alkyl or cyclic N) is 1. The first-order chi connectivity index (χ1) is 26.9. The summed E-state index contributed by atoms with van der Waals surface area (Å²) in [5.74, 6) is -3.42. The molecule has 2 amide bonds. The van der Waals surface area contributed by atoms with Gasteiger partial charge in [-0.1, -0.05) is 24.1 Å². The van der Waals surface area contributed by atoms with Gasteiger partial charge in [0.2, 0.25) is 5.91 Å². The fourth-order valence-electron chi connectivity index (χ4n) is 8.08. The number of nitrogens with zero attached hydrogens (tertiary/aromatic N) is 4. The lowest BCUT2D eigenvalue weighted by molar-refractivity contribution is -0.275. The number of amides is 2. The quantitative estimate of drug-likeness (QED) is 0.274. The second kappa shape index (κ2) is 16.0. The van der Waals surface area contributed by atoms with Crippen molar-refractivity contribution in [2.75, 3.05) is 52.8 Å². The van der Waals surface area contributed by atoms with Crippen LogP contribution in [-0.2, 0) is 41.2 Å². The zero-order chi connectivity index (χ0) is 41.6. The maximum absolute atomic E-state index is 15.8. The monoisotopic (exact) mass is 838 g/mol. The molecule has 14 nitrogen and oxygen atoms in total. The van der Waals surface area contributed by atoms with Crippen LogP contribution >= 0.6 is 11.6 Å². The van der Waals surface area contributed by atoms with Gasteiger partial charge in [0.25, 0.3) is 15.9 Å². The number of benzene rings is 3. The first kappa shape index (κ1) is 42.0. The lowest BCUT2D eigenvalue weighted by Crippen LogP contribution is -2.59. The lowest BCUT2D eigenvalue weighted by atomic mass is 9.80. The Bertz CT molecular complexity index is 2170. The fourth-order valence-corrected chi connectivity index (χ4v) is 9.81. The van der Waals surface area contributed by atoms with Gasteiger partial charge in [0.15, 0.2) is 11.3 Å². The van der Waals surface area contributed by atoms with Crippen LogP contribution in [0.3, 0.4) is 0 Å². The molecule has 0 aromatic heterocycles. The summed E-state index contributed by atoms with van der Waals surface area (Å²) in [6.45, 7) is 0.389. The molecule has 19 heteroatoms. The third-order valence-electron chi connectivity index (χ3n) is 10.5. The number of anilines is 1. The molecule has 3 aromatic carbocycles. The van der Waals surface area contributed by atoms with Crippen LogP contribution in [0.1, 0.15) is 42.4 Å². The second-order valence-electron chi connectivity index (χ2n) is 14.1. The van der Waals surface area contributed by atoms with Gasteiger partial charge in [-0.25, -0.2) is 12.7 Å². The molecule has 57 heavy (non-hydrogen) atoms. The molecule has 3 aliphatic heterocycles. The van der Waals surface area contributed by atoms with Crippen molar-refractivity contribution in [3.63, 3.8) is 0 Å². The zero-order valence-corrected chi connectivity index (χ0v) is 33.3. The van der Waals surface area contributed by atoms with Crippen LogP contribution in [0.25, 0.3) is 0 Å². The predicted octanol–water partition coefficient (Wildman–Crippen LogP) is 4.29. The van der Waals surface area contributed by atoms with Crippen molar-refractivity contribution in [3.8, 4) is 17.2 Å². The Morgan fingerprint density at radius 3 is 2.35 bits per heavy atom. The molecular weight excluding hydrogens is 797 g/mol. The standard InChI is InChI=1S/C38H42ClF3N4O10S/c1-43(2)34(48)30-18-24(47)21-45(30)37(27-16-22(9-13-31(27)54-4)20-44-15-7-6-8-29(44)35(49)55-5)26-17-23(39)10-12-28(26)46(36(37)50)57(51,52)33-14-11-25(53-3)19-32(33)56-38(40,41)42/h9-14,16-17,19,24,29-30,47H,6-8,15,18,20-21H2,1-5H3/t24-,29+,30+,37?/m1/s1. The number of hydrogen-bond donors (Lipinski definition) is 1. The van der Waals surface area contributed by atoms with Crippen molar-refractivity contribution in [2.24, 2.45) is 0 Å². The number of carbonyl (C=O) groups excluding carboxylic acids is 3. The summed E-state index contributed by atoms with van der Waals surface area (Å²) in [5, 5.41) is 11.3. The van der Waals surface area contributed by atoms with E-state index in [9.17, 15) is 36.3 Å². The van der Waals surface area contributed by atoms with Crippen molar-refractivity contribution >= 4 is 45.1 Å². The molecular formula is C38H42ClF3N4O10S. The summed E-state index contributed by atoms with van der Waals surface area (Å²) in [5.41, 5.74) is -2.05. The van der Waals surface area contributed by atoms with E-state index in [-0.39, 0.29) is 52.8 Å². The molecule has 1 unspecified atom stereocenters. The van der Waals surface area contributed by atoms with Crippen LogP contribution in [0.15, 0.2) is 59.5 Å². The molecule has 0 bridgehead atoms. The Morgan fingerprint density at radius 1 is 0.965 bits per heavy atom. The Morgan fingerprint density at radius 2 is 1.70 bits per heavy atom. The molecule has 2 fully saturated rings. The van der Waals surface area contributed by atoms with E-state index >= 15 is 4.79 Å². The number of esters is 1. The molecule has 0 radical (unpaired) electrons. The Hall–Kier alpha value is -4.62. The van der Waals surface area contributed by atoms with Crippen LogP contribution in [0.2, 0.25) is 5.02 Å². The van der Waals surface area contributed by atoms with Gasteiger partial charge in [0.1, 0.15) is 22.4 Å². The number of alkyl halides is 3. The molecule has 3 heterocycles. The van der Waals surface area contributed by atoms with Crippen LogP contribution in [0.4, 0.5) is 18.9 Å². The SMILES string of the molecule is COC(=O)[C@@H]1CCCCN1Cc1ccc(OC)c(C2(N3C[C@H](O)C[C@H]3C(=O)N(C)C)C(=O)N(S(=O)(=O)c3ccc(OC)cc3OC(F)(F)F)c3ccc(Cl)cc32)c1. The predicted molar refractivity (Wildman–Crippen MR) is 199 cm³/mol. The minimum absolute atomic E-state index is 0.0486. The third-order valence-corrected chi connectivity index (χ3v) is 12.5. The number of halogens is 4. The average Bonchev–Trinajstić information content (AvgIpc) is 3.67. The van der Waals surface area contributed by atoms with Gasteiger partial charge in [-0.05, 0) is 73.8 Å². The number of rotatable bonds is 11. The first-order valence-corrected chi connectivity index (χ1v) is 19.7. The highest BCUT2D eigenvalue weighted by Gasteiger charge is 2.64. The molecule has 308 valence electrons. The smallest absolute Gasteiger partial charge is 0.497 e. The van der Waals surface area contributed by atoms with Crippen molar-refractivity contribution < 1.29 is 60.0 Å². The topological polar surface area (TPSA) is 155 Å². The molecule has 3 aromatic rings. The summed E-state index contributed by atoms with van der Waals surface area (Å²) in [4.78, 5) is 46.1. The van der Waals surface area contributed by atoms with Gasteiger partial charge < -0.3 is 29.0 Å². The Labute approximate surface area is 332 Å². The van der Waals surface area contributed by atoms with Crippen LogP contribution < -0.4 is 18.5 Å². The van der Waals surface area contributed by atoms with Gasteiger partial charge >= 0.3 is 12.3 Å². The Balaban J connectivity index is 1.64. The molecule has 0 aliphatic carbocycles. The minimum atomic E-state index is -5.35. The molecule has 1 N–H and O–H groups in total. The third kappa shape index (κ3) is 7.60. The number of likely N-dealkylation sites (tertiary alicyclic amines) is 2. The highest BCUT2D eigenvalue weighted by molar-refractivity contribution is 7.93. The van der Waals surface area contributed by atoms with Gasteiger partial charge in [-0.15, -0.1) is 13.2 Å². The maximum atomic E-state index is 15.8. The number of ether oxygens (including phenoxy) is 4. The maximum Gasteiger partial charge on any atom is 0.573 e. The van der Waals surface area contributed by atoms with Crippen LogP contribution in [0.5, 0.6) is 17.2 Å². The Kier molecular flexibility index (Phi) is 11.8. The van der Waals surface area contributed by atoms with E-state index in [0.29, 0.717) is 22.8 Å². The van der Waals surface area contributed by atoms with Gasteiger partial charge in [0, 0.05) is 49.4 Å². The number of carbonyl (C=O) groups is 3. The summed E-state index contributed by atoms with van der Waals surface area (Å²) >= 11 is 6.61. The van der Waals surface area contributed by atoms with Crippen LogP contribution in [0, 0.1) is 0 Å². The molecule has 3 aliphatic rings. The zero-order valence-electron chi connectivity index (χ0n) is 31.7. The normalized spacial score (nSPS) is 22.9. The van der Waals surface area contributed by atoms with E-state index in [1.807, 2.05) is 4.90 Å². The van der Waals surface area contributed by atoms with E-state index < -0.39 is 68.5 Å². The number of methoxy groups -OCH3 is 3. The number of fused-ring (bicyclic) bond motifs is 1. The van der Waals surface area contributed by atoms with Gasteiger partial charge in [-0.2, -0.15) is 0 Å². The fraction of sp³-hybridized carbons (Fsp3) is 0.447. The highest BCUT2D eigenvalue weighted by atomic mass is 35.5. The summed E-state index contributed by atoms with van der Waals surface area (Å²) in [6, 6.07) is 9.64. The summed E-state index contributed by atoms with van der Waals surface area (Å²) < 4.78 is 91.6. The highest BCUT2D eigenvalue weighted by Crippen LogP contribution is 2.55. The van der Waals surface area contributed by atoms with Gasteiger partial charge in [0.05, 0.1) is 39.2 Å². The van der Waals surface area contributed by atoms with E-state index in [2.05, 4.69) is 4.74 Å². The summed E-state index contributed by atoms with van der Waals surface area (Å²) in [7, 11) is 1.45. The number of piperidine rings is 1. The molecule has 6 rings (SSSR count). The van der Waals surface area contributed by atoms with E-state index in [0.717, 1.165) is 38.2 Å². The van der Waals surface area contributed by atoms with E-state index in [1.165, 1.54) is 56.3 Å². The average molecular weight is 839 g/mol. The van der Waals surface area contributed by atoms with E-state index in [1.54, 1.807) is 18.2 Å². The largest absolute Gasteiger partial charge is 0.573 e. The first-order valence-electron chi connectivity index (χ1n) is 17.9. The van der Waals surface area contributed by atoms with Crippen LogP contribution in [-0.4, -0.2) is 119 Å². The van der Waals surface area contributed by atoms with Crippen molar-refractivity contribution in [1.82, 2.24) is 14.7 Å². The molecule has 0 spiro atoms. The number of hydrogen-bond acceptors (Lipinski definition) is 12. The summed E-state index contributed by atoms with van der Waals surface area (Å²) in [6.07, 6.45) is -4.56. The van der Waals surface area contributed by atoms with Crippen molar-refractivity contribution in [2.45, 2.75) is 67.2 Å². The molecule has 4 atom stereocenters.